The van der Waals surface area contributed by atoms with Gasteiger partial charge in [0.15, 0.2) is 0 Å². The highest BCUT2D eigenvalue weighted by Crippen LogP contribution is 2.27. The van der Waals surface area contributed by atoms with Gasteiger partial charge in [-0.3, -0.25) is 0 Å². The zero-order chi connectivity index (χ0) is 8.48. The SMILES string of the molecule is [CH2]C(F)(F)c1ccc(Br)cc1. The first-order valence-corrected chi connectivity index (χ1v) is 3.78. The van der Waals surface area contributed by atoms with Crippen LogP contribution in [-0.2, 0) is 5.92 Å². The molecule has 0 unspecified atom stereocenters. The van der Waals surface area contributed by atoms with Crippen LogP contribution in [0.3, 0.4) is 0 Å². The standard InChI is InChI=1S/C8H6BrF2/c1-8(10,11)6-2-4-7(9)5-3-6/h2-5H,1H2. The van der Waals surface area contributed by atoms with Crippen molar-refractivity contribution >= 4 is 15.9 Å². The molecule has 0 N–H and O–H groups in total. The lowest BCUT2D eigenvalue weighted by Crippen LogP contribution is -2.06. The zero-order valence-corrected chi connectivity index (χ0v) is 7.24. The fourth-order valence-electron chi connectivity index (χ4n) is 0.694. The maximum atomic E-state index is 12.5. The summed E-state index contributed by atoms with van der Waals surface area (Å²) in [4.78, 5) is 0. The Morgan fingerprint density at radius 3 is 2.00 bits per heavy atom. The summed E-state index contributed by atoms with van der Waals surface area (Å²) in [5.74, 6) is -2.99. The summed E-state index contributed by atoms with van der Waals surface area (Å²) < 4.78 is 25.7. The smallest absolute Gasteiger partial charge is 0.201 e. The third-order valence-corrected chi connectivity index (χ3v) is 1.80. The van der Waals surface area contributed by atoms with Gasteiger partial charge in [0, 0.05) is 17.0 Å². The molecule has 1 aromatic carbocycles. The number of hydrogen-bond donors (Lipinski definition) is 0. The Balaban J connectivity index is 2.99. The monoisotopic (exact) mass is 219 g/mol. The Morgan fingerprint density at radius 1 is 1.18 bits per heavy atom. The highest BCUT2D eigenvalue weighted by atomic mass is 79.9. The van der Waals surface area contributed by atoms with Crippen LogP contribution in [0.5, 0.6) is 0 Å². The van der Waals surface area contributed by atoms with E-state index < -0.39 is 5.92 Å². The maximum Gasteiger partial charge on any atom is 0.273 e. The highest BCUT2D eigenvalue weighted by molar-refractivity contribution is 9.10. The zero-order valence-electron chi connectivity index (χ0n) is 5.65. The van der Waals surface area contributed by atoms with Crippen molar-refractivity contribution < 1.29 is 8.78 Å². The molecule has 0 bridgehead atoms. The van der Waals surface area contributed by atoms with Crippen molar-refractivity contribution in [1.29, 1.82) is 0 Å². The Bertz CT molecular complexity index is 235. The Kier molecular flexibility index (Phi) is 2.28. The molecule has 3 heteroatoms. The molecule has 1 radical (unpaired) electrons. The predicted molar refractivity (Wildman–Crippen MR) is 43.4 cm³/mol. The van der Waals surface area contributed by atoms with E-state index in [1.165, 1.54) is 12.1 Å². The van der Waals surface area contributed by atoms with Gasteiger partial charge in [0.25, 0.3) is 5.92 Å². The van der Waals surface area contributed by atoms with Crippen LogP contribution in [0, 0.1) is 6.92 Å². The van der Waals surface area contributed by atoms with Crippen molar-refractivity contribution in [2.24, 2.45) is 0 Å². The molecule has 0 fully saturated rings. The molecule has 59 valence electrons. The normalized spacial score (nSPS) is 11.6. The van der Waals surface area contributed by atoms with E-state index in [-0.39, 0.29) is 5.56 Å². The Morgan fingerprint density at radius 2 is 1.64 bits per heavy atom. The number of halogens is 3. The molecule has 0 atom stereocenters. The summed E-state index contributed by atoms with van der Waals surface area (Å²) in [5.41, 5.74) is -0.0688. The second kappa shape index (κ2) is 2.89. The predicted octanol–water partition coefficient (Wildman–Crippen LogP) is 3.37. The summed E-state index contributed by atoms with van der Waals surface area (Å²) in [6, 6.07) is 5.82. The average molecular weight is 220 g/mol. The first-order valence-electron chi connectivity index (χ1n) is 2.99. The summed E-state index contributed by atoms with van der Waals surface area (Å²) >= 11 is 3.15. The van der Waals surface area contributed by atoms with E-state index in [0.29, 0.717) is 0 Å². The highest BCUT2D eigenvalue weighted by Gasteiger charge is 2.23. The summed E-state index contributed by atoms with van der Waals surface area (Å²) in [6.45, 7) is 2.72. The quantitative estimate of drug-likeness (QED) is 0.680. The third-order valence-electron chi connectivity index (χ3n) is 1.27. The van der Waals surface area contributed by atoms with E-state index in [4.69, 9.17) is 0 Å². The van der Waals surface area contributed by atoms with Crippen molar-refractivity contribution in [2.45, 2.75) is 5.92 Å². The van der Waals surface area contributed by atoms with Gasteiger partial charge in [-0.15, -0.1) is 0 Å². The number of rotatable bonds is 1. The van der Waals surface area contributed by atoms with E-state index >= 15 is 0 Å². The van der Waals surface area contributed by atoms with Crippen molar-refractivity contribution in [2.75, 3.05) is 0 Å². The van der Waals surface area contributed by atoms with Crippen molar-refractivity contribution in [3.05, 3.63) is 41.2 Å². The van der Waals surface area contributed by atoms with E-state index in [0.717, 1.165) is 4.47 Å². The van der Waals surface area contributed by atoms with E-state index in [2.05, 4.69) is 22.9 Å². The molecular formula is C8H6BrF2. The minimum absolute atomic E-state index is 0.0688. The van der Waals surface area contributed by atoms with Gasteiger partial charge in [0.1, 0.15) is 0 Å². The molecule has 0 aliphatic rings. The first-order chi connectivity index (χ1) is 5.00. The second-order valence-electron chi connectivity index (χ2n) is 2.21. The molecule has 0 aliphatic heterocycles. The van der Waals surface area contributed by atoms with E-state index in [1.54, 1.807) is 12.1 Å². The van der Waals surface area contributed by atoms with Crippen molar-refractivity contribution in [3.8, 4) is 0 Å². The molecule has 0 amide bonds. The van der Waals surface area contributed by atoms with E-state index in [9.17, 15) is 8.78 Å². The summed E-state index contributed by atoms with van der Waals surface area (Å²) in [6.07, 6.45) is 0. The minimum atomic E-state index is -2.99. The fourth-order valence-corrected chi connectivity index (χ4v) is 0.958. The number of alkyl halides is 2. The van der Waals surface area contributed by atoms with Crippen LogP contribution in [0.15, 0.2) is 28.7 Å². The third kappa shape index (κ3) is 2.26. The molecule has 1 aromatic rings. The molecule has 0 aliphatic carbocycles. The molecule has 0 spiro atoms. The van der Waals surface area contributed by atoms with Gasteiger partial charge >= 0.3 is 0 Å². The summed E-state index contributed by atoms with van der Waals surface area (Å²) in [7, 11) is 0. The molecule has 0 nitrogen and oxygen atoms in total. The van der Waals surface area contributed by atoms with Gasteiger partial charge in [-0.1, -0.05) is 28.1 Å². The van der Waals surface area contributed by atoms with Crippen LogP contribution in [0.25, 0.3) is 0 Å². The largest absolute Gasteiger partial charge is 0.273 e. The molecule has 0 saturated carbocycles. The van der Waals surface area contributed by atoms with Gasteiger partial charge in [-0.2, -0.15) is 0 Å². The van der Waals surface area contributed by atoms with Crippen LogP contribution in [0.4, 0.5) is 8.78 Å². The van der Waals surface area contributed by atoms with Crippen molar-refractivity contribution in [1.82, 2.24) is 0 Å². The van der Waals surface area contributed by atoms with E-state index in [1.807, 2.05) is 0 Å². The molecular weight excluding hydrogens is 214 g/mol. The van der Waals surface area contributed by atoms with Gasteiger partial charge in [0.05, 0.1) is 0 Å². The van der Waals surface area contributed by atoms with Crippen LogP contribution < -0.4 is 0 Å². The molecule has 0 aromatic heterocycles. The topological polar surface area (TPSA) is 0 Å². The van der Waals surface area contributed by atoms with Crippen LogP contribution in [0.2, 0.25) is 0 Å². The van der Waals surface area contributed by atoms with Gasteiger partial charge in [-0.25, -0.2) is 8.78 Å². The average Bonchev–Trinajstić information content (AvgIpc) is 1.86. The Labute approximate surface area is 72.4 Å². The summed E-state index contributed by atoms with van der Waals surface area (Å²) in [5, 5.41) is 0. The number of benzene rings is 1. The molecule has 0 saturated heterocycles. The van der Waals surface area contributed by atoms with Gasteiger partial charge in [0.2, 0.25) is 0 Å². The Hall–Kier alpha value is -0.440. The van der Waals surface area contributed by atoms with Crippen LogP contribution >= 0.6 is 15.9 Å². The first kappa shape index (κ1) is 8.65. The lowest BCUT2D eigenvalue weighted by molar-refractivity contribution is 0.0486. The van der Waals surface area contributed by atoms with Gasteiger partial charge < -0.3 is 0 Å². The molecule has 1 rings (SSSR count). The van der Waals surface area contributed by atoms with Crippen LogP contribution in [0.1, 0.15) is 5.56 Å². The maximum absolute atomic E-state index is 12.5. The minimum Gasteiger partial charge on any atom is -0.201 e. The fraction of sp³-hybridized carbons (Fsp3) is 0.125. The van der Waals surface area contributed by atoms with Crippen molar-refractivity contribution in [3.63, 3.8) is 0 Å². The molecule has 0 heterocycles. The number of hydrogen-bond acceptors (Lipinski definition) is 0. The lowest BCUT2D eigenvalue weighted by Gasteiger charge is -2.09. The van der Waals surface area contributed by atoms with Gasteiger partial charge in [-0.05, 0) is 12.1 Å². The lowest BCUT2D eigenvalue weighted by atomic mass is 10.1. The molecule has 11 heavy (non-hydrogen) atoms. The second-order valence-corrected chi connectivity index (χ2v) is 3.13. The van der Waals surface area contributed by atoms with Crippen LogP contribution in [-0.4, -0.2) is 0 Å².